The lowest BCUT2D eigenvalue weighted by atomic mass is 10.2. The topological polar surface area (TPSA) is 101 Å². The summed E-state index contributed by atoms with van der Waals surface area (Å²) in [6, 6.07) is 9.92. The summed E-state index contributed by atoms with van der Waals surface area (Å²) in [5.41, 5.74) is -0.906. The molecule has 0 bridgehead atoms. The van der Waals surface area contributed by atoms with Crippen LogP contribution >= 0.6 is 23.4 Å². The van der Waals surface area contributed by atoms with E-state index in [2.05, 4.69) is 20.0 Å². The van der Waals surface area contributed by atoms with E-state index in [0.29, 0.717) is 16.0 Å². The molecule has 1 heterocycles. The van der Waals surface area contributed by atoms with Gasteiger partial charge in [-0.15, -0.1) is 0 Å². The van der Waals surface area contributed by atoms with Gasteiger partial charge in [0, 0.05) is 23.7 Å². The molecule has 0 saturated heterocycles. The zero-order valence-electron chi connectivity index (χ0n) is 16.1. The molecule has 32 heavy (non-hydrogen) atoms. The quantitative estimate of drug-likeness (QED) is 0.483. The molecule has 2 N–H and O–H groups in total. The summed E-state index contributed by atoms with van der Waals surface area (Å²) in [5, 5.41) is 2.35. The van der Waals surface area contributed by atoms with Crippen LogP contribution in [0.4, 0.5) is 18.9 Å². The second-order valence-corrected chi connectivity index (χ2v) is 9.38. The predicted octanol–water partition coefficient (Wildman–Crippen LogP) is 4.46. The molecule has 0 spiro atoms. The van der Waals surface area contributed by atoms with Gasteiger partial charge in [0.2, 0.25) is 0 Å². The van der Waals surface area contributed by atoms with Crippen molar-refractivity contribution < 1.29 is 26.4 Å². The Labute approximate surface area is 190 Å². The molecule has 13 heteroatoms. The number of aromatic nitrogens is 2. The van der Waals surface area contributed by atoms with Crippen molar-refractivity contribution in [2.75, 3.05) is 11.8 Å². The highest BCUT2D eigenvalue weighted by molar-refractivity contribution is 7.99. The maximum absolute atomic E-state index is 13.0. The molecule has 0 radical (unpaired) electrons. The molecule has 7 nitrogen and oxygen atoms in total. The van der Waals surface area contributed by atoms with Gasteiger partial charge in [0.1, 0.15) is 17.0 Å². The number of rotatable bonds is 6. The van der Waals surface area contributed by atoms with E-state index in [4.69, 9.17) is 11.6 Å². The Kier molecular flexibility index (Phi) is 6.96. The molecule has 0 fully saturated rings. The fourth-order valence-corrected chi connectivity index (χ4v) is 4.56. The van der Waals surface area contributed by atoms with Crippen LogP contribution < -0.4 is 10.0 Å². The Morgan fingerprint density at radius 1 is 1.06 bits per heavy atom. The number of sulfonamides is 1. The Morgan fingerprint density at radius 2 is 1.75 bits per heavy atom. The lowest BCUT2D eigenvalue weighted by Gasteiger charge is -2.13. The summed E-state index contributed by atoms with van der Waals surface area (Å²) in [4.78, 5) is 19.7. The minimum atomic E-state index is -4.79. The second-order valence-electron chi connectivity index (χ2n) is 6.19. The van der Waals surface area contributed by atoms with Crippen molar-refractivity contribution in [1.82, 2.24) is 15.3 Å². The van der Waals surface area contributed by atoms with Gasteiger partial charge in [-0.25, -0.2) is 18.4 Å². The van der Waals surface area contributed by atoms with Crippen molar-refractivity contribution in [2.24, 2.45) is 0 Å². The van der Waals surface area contributed by atoms with Crippen molar-refractivity contribution >= 4 is 45.0 Å². The average molecular weight is 503 g/mol. The first kappa shape index (κ1) is 23.8. The smallest absolute Gasteiger partial charge is 0.354 e. The molecule has 0 aliphatic rings. The van der Waals surface area contributed by atoms with Crippen LogP contribution in [0.3, 0.4) is 0 Å². The summed E-state index contributed by atoms with van der Waals surface area (Å²) in [6.45, 7) is 0. The maximum Gasteiger partial charge on any atom is 0.417 e. The molecule has 3 rings (SSSR count). The Hall–Kier alpha value is -2.83. The number of alkyl halides is 3. The molecular formula is C19H14ClF3N4O3S2. The number of nitrogens with one attached hydrogen (secondary N) is 2. The molecule has 2 aromatic carbocycles. The predicted molar refractivity (Wildman–Crippen MR) is 113 cm³/mol. The van der Waals surface area contributed by atoms with Gasteiger partial charge in [0.25, 0.3) is 15.9 Å². The number of benzene rings is 2. The third kappa shape index (κ3) is 5.69. The van der Waals surface area contributed by atoms with Gasteiger partial charge in [-0.1, -0.05) is 23.4 Å². The molecule has 1 aromatic heterocycles. The third-order valence-electron chi connectivity index (χ3n) is 3.98. The SMILES string of the molecule is CNC(=O)c1cc(Sc2ccc(NS(=O)(=O)c3ccc(Cl)c(C(F)(F)F)c3)cc2)ncn1. The lowest BCUT2D eigenvalue weighted by Crippen LogP contribution is -2.19. The van der Waals surface area contributed by atoms with Crippen LogP contribution in [0.25, 0.3) is 0 Å². The summed E-state index contributed by atoms with van der Waals surface area (Å²) in [6.07, 6.45) is -3.54. The zero-order valence-corrected chi connectivity index (χ0v) is 18.5. The van der Waals surface area contributed by atoms with Crippen molar-refractivity contribution in [2.45, 2.75) is 21.0 Å². The number of amides is 1. The van der Waals surface area contributed by atoms with Gasteiger partial charge in [-0.05, 0) is 42.5 Å². The highest BCUT2D eigenvalue weighted by Crippen LogP contribution is 2.36. The van der Waals surface area contributed by atoms with Crippen LogP contribution in [-0.2, 0) is 16.2 Å². The van der Waals surface area contributed by atoms with E-state index in [1.807, 2.05) is 0 Å². The number of hydrogen-bond donors (Lipinski definition) is 2. The summed E-state index contributed by atoms with van der Waals surface area (Å²) < 4.78 is 66.3. The molecule has 0 aliphatic carbocycles. The van der Waals surface area contributed by atoms with Crippen molar-refractivity contribution in [3.8, 4) is 0 Å². The first-order chi connectivity index (χ1) is 15.0. The summed E-state index contributed by atoms with van der Waals surface area (Å²) in [7, 11) is -2.81. The molecule has 168 valence electrons. The third-order valence-corrected chi connectivity index (χ3v) is 6.63. The molecule has 3 aromatic rings. The van der Waals surface area contributed by atoms with Crippen LogP contribution in [0.2, 0.25) is 5.02 Å². The van der Waals surface area contributed by atoms with Crippen molar-refractivity contribution in [3.05, 3.63) is 71.1 Å². The number of carbonyl (C=O) groups excluding carboxylic acids is 1. The molecular weight excluding hydrogens is 489 g/mol. The lowest BCUT2D eigenvalue weighted by molar-refractivity contribution is -0.137. The van der Waals surface area contributed by atoms with Crippen LogP contribution in [-0.4, -0.2) is 31.3 Å². The van der Waals surface area contributed by atoms with Crippen LogP contribution in [0.5, 0.6) is 0 Å². The standard InChI is InChI=1S/C19H14ClF3N4O3S2/c1-24-18(28)16-9-17(26-10-25-16)31-12-4-2-11(3-5-12)27-32(29,30)13-6-7-15(20)14(8-13)19(21,22)23/h2-10,27H,1H3,(H,24,28). The summed E-state index contributed by atoms with van der Waals surface area (Å²) >= 11 is 6.75. The highest BCUT2D eigenvalue weighted by atomic mass is 35.5. The fourth-order valence-electron chi connectivity index (χ4n) is 2.46. The highest BCUT2D eigenvalue weighted by Gasteiger charge is 2.34. The van der Waals surface area contributed by atoms with E-state index in [1.165, 1.54) is 43.3 Å². The average Bonchev–Trinajstić information content (AvgIpc) is 2.74. The minimum absolute atomic E-state index is 0.145. The molecule has 1 amide bonds. The molecule has 0 aliphatic heterocycles. The molecule has 0 saturated carbocycles. The van der Waals surface area contributed by atoms with Crippen molar-refractivity contribution in [1.29, 1.82) is 0 Å². The Balaban J connectivity index is 1.77. The monoisotopic (exact) mass is 502 g/mol. The van der Waals surface area contributed by atoms with Crippen molar-refractivity contribution in [3.63, 3.8) is 0 Å². The number of hydrogen-bond acceptors (Lipinski definition) is 6. The second kappa shape index (κ2) is 9.35. The van der Waals surface area contributed by atoms with Gasteiger partial charge in [-0.2, -0.15) is 13.2 Å². The van der Waals surface area contributed by atoms with Gasteiger partial charge in [0.15, 0.2) is 0 Å². The Morgan fingerprint density at radius 3 is 2.38 bits per heavy atom. The van der Waals surface area contributed by atoms with Gasteiger partial charge < -0.3 is 5.32 Å². The first-order valence-corrected chi connectivity index (χ1v) is 11.4. The number of carbonyl (C=O) groups is 1. The van der Waals surface area contributed by atoms with E-state index in [0.717, 1.165) is 12.1 Å². The van der Waals surface area contributed by atoms with E-state index >= 15 is 0 Å². The number of halogens is 4. The first-order valence-electron chi connectivity index (χ1n) is 8.71. The maximum atomic E-state index is 13.0. The van der Waals surface area contributed by atoms with E-state index in [1.54, 1.807) is 12.1 Å². The fraction of sp³-hybridized carbons (Fsp3) is 0.105. The van der Waals surface area contributed by atoms with Gasteiger partial charge in [0.05, 0.1) is 15.5 Å². The van der Waals surface area contributed by atoms with Crippen LogP contribution in [0.1, 0.15) is 16.1 Å². The van der Waals surface area contributed by atoms with E-state index in [-0.39, 0.29) is 17.3 Å². The van der Waals surface area contributed by atoms with Crippen LogP contribution in [0.15, 0.2) is 69.7 Å². The zero-order chi connectivity index (χ0) is 23.5. The Bertz CT molecular complexity index is 1250. The number of anilines is 1. The molecule has 0 unspecified atom stereocenters. The normalized spacial score (nSPS) is 11.8. The van der Waals surface area contributed by atoms with E-state index < -0.39 is 31.7 Å². The molecule has 0 atom stereocenters. The minimum Gasteiger partial charge on any atom is -0.354 e. The largest absolute Gasteiger partial charge is 0.417 e. The van der Waals surface area contributed by atoms with Crippen LogP contribution in [0, 0.1) is 0 Å². The van der Waals surface area contributed by atoms with Gasteiger partial charge in [-0.3, -0.25) is 9.52 Å². The van der Waals surface area contributed by atoms with Gasteiger partial charge >= 0.3 is 6.18 Å². The summed E-state index contributed by atoms with van der Waals surface area (Å²) in [5.74, 6) is -0.366. The number of nitrogens with zero attached hydrogens (tertiary/aromatic N) is 2. The van der Waals surface area contributed by atoms with E-state index in [9.17, 15) is 26.4 Å².